The number of carbonyl (C=O) groups is 1. The third-order valence-corrected chi connectivity index (χ3v) is 5.98. The highest BCUT2D eigenvalue weighted by Gasteiger charge is 2.19. The van der Waals surface area contributed by atoms with E-state index in [1.807, 2.05) is 62.2 Å². The molecule has 0 fully saturated rings. The van der Waals surface area contributed by atoms with Crippen LogP contribution in [0.15, 0.2) is 42.7 Å². The number of carbonyl (C=O) groups excluding carboxylic acids is 1. The van der Waals surface area contributed by atoms with Crippen molar-refractivity contribution in [2.24, 2.45) is 7.05 Å². The van der Waals surface area contributed by atoms with Crippen molar-refractivity contribution in [1.82, 2.24) is 24.5 Å². The van der Waals surface area contributed by atoms with Gasteiger partial charge in [0.1, 0.15) is 4.83 Å². The molecule has 0 unspecified atom stereocenters. The van der Waals surface area contributed by atoms with Crippen LogP contribution in [0.3, 0.4) is 0 Å². The van der Waals surface area contributed by atoms with E-state index in [2.05, 4.69) is 10.2 Å². The summed E-state index contributed by atoms with van der Waals surface area (Å²) in [5.41, 5.74) is 3.04. The Kier molecular flexibility index (Phi) is 4.95. The Hall–Kier alpha value is -2.64. The van der Waals surface area contributed by atoms with E-state index in [9.17, 15) is 4.79 Å². The number of aromatic nitrogens is 4. The Morgan fingerprint density at radius 3 is 2.68 bits per heavy atom. The lowest BCUT2D eigenvalue weighted by Gasteiger charge is -2.14. The van der Waals surface area contributed by atoms with Gasteiger partial charge in [0.05, 0.1) is 23.3 Å². The highest BCUT2D eigenvalue weighted by Crippen LogP contribution is 2.30. The molecule has 4 rings (SSSR count). The molecule has 0 radical (unpaired) electrons. The van der Waals surface area contributed by atoms with Gasteiger partial charge in [-0.3, -0.25) is 14.2 Å². The first kappa shape index (κ1) is 18.7. The quantitative estimate of drug-likeness (QED) is 0.494. The fourth-order valence-corrected chi connectivity index (χ4v) is 4.46. The van der Waals surface area contributed by atoms with Crippen LogP contribution < -0.4 is 0 Å². The van der Waals surface area contributed by atoms with Gasteiger partial charge < -0.3 is 4.90 Å². The molecule has 1 aromatic carbocycles. The predicted molar refractivity (Wildman–Crippen MR) is 112 cm³/mol. The van der Waals surface area contributed by atoms with E-state index in [1.54, 1.807) is 15.8 Å². The Bertz CT molecular complexity index is 1140. The van der Waals surface area contributed by atoms with Crippen LogP contribution in [-0.4, -0.2) is 37.4 Å². The maximum Gasteiger partial charge on any atom is 0.264 e. The first-order valence-corrected chi connectivity index (χ1v) is 10.0. The summed E-state index contributed by atoms with van der Waals surface area (Å²) >= 11 is 7.45. The molecule has 0 aliphatic carbocycles. The van der Waals surface area contributed by atoms with Gasteiger partial charge in [0.25, 0.3) is 5.91 Å². The zero-order chi connectivity index (χ0) is 19.8. The van der Waals surface area contributed by atoms with Crippen LogP contribution in [-0.2, 0) is 20.1 Å². The van der Waals surface area contributed by atoms with Crippen molar-refractivity contribution in [3.63, 3.8) is 0 Å². The molecule has 144 valence electrons. The SMILES string of the molecule is Cc1nn(Cc2ccc(Cl)cc2)c2sc(C(=O)N(C)Cc3cnn(C)c3)cc12. The van der Waals surface area contributed by atoms with Crippen LogP contribution in [0.4, 0.5) is 0 Å². The largest absolute Gasteiger partial charge is 0.337 e. The van der Waals surface area contributed by atoms with Gasteiger partial charge in [0.15, 0.2) is 0 Å². The summed E-state index contributed by atoms with van der Waals surface area (Å²) < 4.78 is 3.69. The van der Waals surface area contributed by atoms with Gasteiger partial charge in [-0.2, -0.15) is 10.2 Å². The molecule has 3 aromatic heterocycles. The minimum absolute atomic E-state index is 0.00231. The van der Waals surface area contributed by atoms with Crippen LogP contribution in [0.2, 0.25) is 5.02 Å². The van der Waals surface area contributed by atoms with Crippen molar-refractivity contribution in [3.8, 4) is 0 Å². The summed E-state index contributed by atoms with van der Waals surface area (Å²) in [7, 11) is 3.68. The van der Waals surface area contributed by atoms with E-state index in [1.165, 1.54) is 11.3 Å². The zero-order valence-electron chi connectivity index (χ0n) is 15.9. The number of hydrogen-bond donors (Lipinski definition) is 0. The summed E-state index contributed by atoms with van der Waals surface area (Å²) in [4.78, 5) is 16.3. The van der Waals surface area contributed by atoms with Gasteiger partial charge in [-0.1, -0.05) is 23.7 Å². The molecular weight excluding hydrogens is 394 g/mol. The maximum absolute atomic E-state index is 12.9. The first-order chi connectivity index (χ1) is 13.4. The summed E-state index contributed by atoms with van der Waals surface area (Å²) in [6.45, 7) is 3.14. The molecule has 0 aliphatic rings. The maximum atomic E-state index is 12.9. The molecule has 3 heterocycles. The second-order valence-electron chi connectivity index (χ2n) is 6.88. The minimum atomic E-state index is 0.00231. The Labute approximate surface area is 171 Å². The molecule has 4 aromatic rings. The number of thiophene rings is 1. The molecule has 0 aliphatic heterocycles. The van der Waals surface area contributed by atoms with Crippen LogP contribution in [0.1, 0.15) is 26.5 Å². The topological polar surface area (TPSA) is 56.0 Å². The van der Waals surface area contributed by atoms with E-state index >= 15 is 0 Å². The van der Waals surface area contributed by atoms with E-state index in [4.69, 9.17) is 11.6 Å². The summed E-state index contributed by atoms with van der Waals surface area (Å²) in [5.74, 6) is 0.00231. The average molecular weight is 414 g/mol. The molecule has 0 saturated carbocycles. The van der Waals surface area contributed by atoms with E-state index in [0.717, 1.165) is 27.0 Å². The number of halogens is 1. The standard InChI is InChI=1S/C20H20ClN5OS/c1-13-17-8-18(19(27)24(2)10-15-9-22-25(3)11-15)28-20(17)26(23-13)12-14-4-6-16(21)7-5-14/h4-9,11H,10,12H2,1-3H3. The number of amides is 1. The molecule has 0 N–H and O–H groups in total. The van der Waals surface area contributed by atoms with Crippen molar-refractivity contribution in [2.75, 3.05) is 7.05 Å². The molecule has 0 atom stereocenters. The fraction of sp³-hybridized carbons (Fsp3) is 0.250. The van der Waals surface area contributed by atoms with Crippen molar-refractivity contribution in [3.05, 3.63) is 69.4 Å². The highest BCUT2D eigenvalue weighted by molar-refractivity contribution is 7.20. The van der Waals surface area contributed by atoms with Crippen molar-refractivity contribution in [1.29, 1.82) is 0 Å². The number of hydrogen-bond acceptors (Lipinski definition) is 4. The second-order valence-corrected chi connectivity index (χ2v) is 8.35. The van der Waals surface area contributed by atoms with Crippen molar-refractivity contribution in [2.45, 2.75) is 20.0 Å². The fourth-order valence-electron chi connectivity index (χ4n) is 3.18. The Balaban J connectivity index is 1.58. The molecule has 0 spiro atoms. The lowest BCUT2D eigenvalue weighted by atomic mass is 10.2. The van der Waals surface area contributed by atoms with Crippen molar-refractivity contribution < 1.29 is 4.79 Å². The summed E-state index contributed by atoms with van der Waals surface area (Å²) in [6.07, 6.45) is 3.70. The van der Waals surface area contributed by atoms with Crippen LogP contribution >= 0.6 is 22.9 Å². The van der Waals surface area contributed by atoms with E-state index < -0.39 is 0 Å². The molecule has 8 heteroatoms. The summed E-state index contributed by atoms with van der Waals surface area (Å²) in [5, 5.41) is 10.5. The molecule has 1 amide bonds. The third-order valence-electron chi connectivity index (χ3n) is 4.59. The van der Waals surface area contributed by atoms with Crippen molar-refractivity contribution >= 4 is 39.1 Å². The van der Waals surface area contributed by atoms with E-state index in [0.29, 0.717) is 23.0 Å². The zero-order valence-corrected chi connectivity index (χ0v) is 17.5. The molecule has 0 saturated heterocycles. The Morgan fingerprint density at radius 1 is 1.25 bits per heavy atom. The van der Waals surface area contributed by atoms with Gasteiger partial charge >= 0.3 is 0 Å². The smallest absolute Gasteiger partial charge is 0.264 e. The monoisotopic (exact) mass is 413 g/mol. The predicted octanol–water partition coefficient (Wildman–Crippen LogP) is 4.11. The lowest BCUT2D eigenvalue weighted by molar-refractivity contribution is 0.0790. The Morgan fingerprint density at radius 2 is 2.00 bits per heavy atom. The molecule has 0 bridgehead atoms. The van der Waals surface area contributed by atoms with Gasteiger partial charge in [-0.15, -0.1) is 11.3 Å². The van der Waals surface area contributed by atoms with E-state index in [-0.39, 0.29) is 5.91 Å². The van der Waals surface area contributed by atoms with Gasteiger partial charge in [0, 0.05) is 42.8 Å². The lowest BCUT2D eigenvalue weighted by Crippen LogP contribution is -2.25. The van der Waals surface area contributed by atoms with Crippen LogP contribution in [0.25, 0.3) is 10.2 Å². The summed E-state index contributed by atoms with van der Waals surface area (Å²) in [6, 6.07) is 9.68. The number of fused-ring (bicyclic) bond motifs is 1. The van der Waals surface area contributed by atoms with Gasteiger partial charge in [0.2, 0.25) is 0 Å². The molecule has 28 heavy (non-hydrogen) atoms. The number of aryl methyl sites for hydroxylation is 2. The third kappa shape index (κ3) is 3.68. The average Bonchev–Trinajstić information content (AvgIpc) is 3.34. The number of rotatable bonds is 5. The normalized spacial score (nSPS) is 11.3. The first-order valence-electron chi connectivity index (χ1n) is 8.85. The number of benzene rings is 1. The van der Waals surface area contributed by atoms with Gasteiger partial charge in [-0.25, -0.2) is 0 Å². The molecular formula is C20H20ClN5OS. The minimum Gasteiger partial charge on any atom is -0.337 e. The molecule has 6 nitrogen and oxygen atoms in total. The second kappa shape index (κ2) is 7.41. The highest BCUT2D eigenvalue weighted by atomic mass is 35.5. The van der Waals surface area contributed by atoms with Crippen LogP contribution in [0, 0.1) is 6.92 Å². The van der Waals surface area contributed by atoms with Crippen LogP contribution in [0.5, 0.6) is 0 Å². The number of nitrogens with zero attached hydrogens (tertiary/aromatic N) is 5. The van der Waals surface area contributed by atoms with Gasteiger partial charge in [-0.05, 0) is 30.7 Å².